The number of carbonyl (C=O) groups excluding carboxylic acids is 1. The fourth-order valence-corrected chi connectivity index (χ4v) is 1.53. The topological polar surface area (TPSA) is 39.4 Å². The van der Waals surface area contributed by atoms with Crippen LogP contribution in [0.4, 0.5) is 8.78 Å². The quantitative estimate of drug-likeness (QED) is 0.785. The van der Waals surface area contributed by atoms with Crippen LogP contribution < -0.4 is 0 Å². The summed E-state index contributed by atoms with van der Waals surface area (Å²) in [7, 11) is 1.49. The Morgan fingerprint density at radius 3 is 2.72 bits per heavy atom. The highest BCUT2D eigenvalue weighted by Gasteiger charge is 2.18. The number of ketones is 1. The van der Waals surface area contributed by atoms with Crippen molar-refractivity contribution in [2.45, 2.75) is 6.61 Å². The van der Waals surface area contributed by atoms with Crippen molar-refractivity contribution in [3.8, 4) is 0 Å². The number of rotatable bonds is 4. The smallest absolute Gasteiger partial charge is 0.231 e. The molecule has 1 aromatic carbocycles. The lowest BCUT2D eigenvalue weighted by molar-refractivity contribution is 0.0996. The molecule has 0 aliphatic carbocycles. The van der Waals surface area contributed by atoms with Gasteiger partial charge in [0.1, 0.15) is 24.0 Å². The first-order valence-corrected chi connectivity index (χ1v) is 5.19. The molecule has 3 nitrogen and oxygen atoms in total. The van der Waals surface area contributed by atoms with E-state index in [1.807, 2.05) is 0 Å². The predicted molar refractivity (Wildman–Crippen MR) is 59.2 cm³/mol. The number of furan rings is 1. The highest BCUT2D eigenvalue weighted by molar-refractivity contribution is 6.07. The highest BCUT2D eigenvalue weighted by atomic mass is 19.1. The van der Waals surface area contributed by atoms with Crippen LogP contribution in [0.3, 0.4) is 0 Å². The molecule has 0 bridgehead atoms. The summed E-state index contributed by atoms with van der Waals surface area (Å²) in [5.74, 6) is -1.82. The summed E-state index contributed by atoms with van der Waals surface area (Å²) in [4.78, 5) is 11.9. The molecule has 0 saturated heterocycles. The van der Waals surface area contributed by atoms with Crippen molar-refractivity contribution in [3.63, 3.8) is 0 Å². The first kappa shape index (κ1) is 12.4. The van der Waals surface area contributed by atoms with E-state index in [1.54, 1.807) is 6.07 Å². The molecule has 0 aliphatic rings. The van der Waals surface area contributed by atoms with E-state index in [4.69, 9.17) is 9.15 Å². The van der Waals surface area contributed by atoms with Gasteiger partial charge in [-0.05, 0) is 24.3 Å². The minimum absolute atomic E-state index is 0.00689. The van der Waals surface area contributed by atoms with Crippen molar-refractivity contribution in [2.75, 3.05) is 7.11 Å². The molecule has 0 amide bonds. The SMILES string of the molecule is COCc1ccc(C(=O)c2ccc(F)cc2F)o1. The van der Waals surface area contributed by atoms with Gasteiger partial charge < -0.3 is 9.15 Å². The molecule has 94 valence electrons. The predicted octanol–water partition coefficient (Wildman–Crippen LogP) is 2.94. The summed E-state index contributed by atoms with van der Waals surface area (Å²) in [6, 6.07) is 5.77. The molecule has 0 fully saturated rings. The lowest BCUT2D eigenvalue weighted by Gasteiger charge is -2.00. The van der Waals surface area contributed by atoms with Crippen molar-refractivity contribution in [1.82, 2.24) is 0 Å². The molecular formula is C13H10F2O3. The van der Waals surface area contributed by atoms with E-state index >= 15 is 0 Å². The largest absolute Gasteiger partial charge is 0.455 e. The molecule has 5 heteroatoms. The maximum Gasteiger partial charge on any atom is 0.231 e. The zero-order valence-electron chi connectivity index (χ0n) is 9.57. The Labute approximate surface area is 102 Å². The lowest BCUT2D eigenvalue weighted by Crippen LogP contribution is -2.03. The highest BCUT2D eigenvalue weighted by Crippen LogP contribution is 2.17. The number of hydrogen-bond acceptors (Lipinski definition) is 3. The molecular weight excluding hydrogens is 242 g/mol. The first-order chi connectivity index (χ1) is 8.61. The number of benzene rings is 1. The van der Waals surface area contributed by atoms with Crippen LogP contribution in [-0.2, 0) is 11.3 Å². The Morgan fingerprint density at radius 1 is 1.28 bits per heavy atom. The van der Waals surface area contributed by atoms with Gasteiger partial charge in [0.05, 0.1) is 5.56 Å². The van der Waals surface area contributed by atoms with Crippen LogP contribution in [0.15, 0.2) is 34.7 Å². The molecule has 1 heterocycles. The van der Waals surface area contributed by atoms with E-state index in [0.717, 1.165) is 12.1 Å². The molecule has 0 saturated carbocycles. The summed E-state index contributed by atoms with van der Waals surface area (Å²) < 4.78 is 36.2. The molecule has 0 radical (unpaired) electrons. The van der Waals surface area contributed by atoms with Crippen molar-refractivity contribution in [1.29, 1.82) is 0 Å². The molecule has 1 aromatic heterocycles. The fourth-order valence-electron chi connectivity index (χ4n) is 1.53. The molecule has 0 unspecified atom stereocenters. The van der Waals surface area contributed by atoms with Gasteiger partial charge in [0.25, 0.3) is 0 Å². The summed E-state index contributed by atoms with van der Waals surface area (Å²) in [6.45, 7) is 0.221. The second-order valence-electron chi connectivity index (χ2n) is 3.65. The monoisotopic (exact) mass is 252 g/mol. The summed E-state index contributed by atoms with van der Waals surface area (Å²) in [5, 5.41) is 0. The first-order valence-electron chi connectivity index (χ1n) is 5.19. The van der Waals surface area contributed by atoms with Crippen LogP contribution in [0.25, 0.3) is 0 Å². The van der Waals surface area contributed by atoms with E-state index in [9.17, 15) is 13.6 Å². The maximum absolute atomic E-state index is 13.4. The van der Waals surface area contributed by atoms with Crippen LogP contribution in [0.5, 0.6) is 0 Å². The van der Waals surface area contributed by atoms with Gasteiger partial charge in [0.15, 0.2) is 5.76 Å². The minimum Gasteiger partial charge on any atom is -0.455 e. The van der Waals surface area contributed by atoms with Crippen LogP contribution in [0.2, 0.25) is 0 Å². The maximum atomic E-state index is 13.4. The van der Waals surface area contributed by atoms with E-state index < -0.39 is 17.4 Å². The zero-order valence-corrected chi connectivity index (χ0v) is 9.57. The van der Waals surface area contributed by atoms with Gasteiger partial charge in [-0.15, -0.1) is 0 Å². The average Bonchev–Trinajstić information content (AvgIpc) is 2.77. The number of ether oxygens (including phenoxy) is 1. The standard InChI is InChI=1S/C13H10F2O3/c1-17-7-9-3-5-12(18-9)13(16)10-4-2-8(14)6-11(10)15/h2-6H,7H2,1H3. The molecule has 0 aliphatic heterocycles. The van der Waals surface area contributed by atoms with Crippen molar-refractivity contribution < 1.29 is 22.7 Å². The normalized spacial score (nSPS) is 10.6. The third kappa shape index (κ3) is 2.46. The van der Waals surface area contributed by atoms with Gasteiger partial charge >= 0.3 is 0 Å². The second-order valence-corrected chi connectivity index (χ2v) is 3.65. The number of halogens is 2. The summed E-state index contributed by atoms with van der Waals surface area (Å²) in [6.07, 6.45) is 0. The van der Waals surface area contributed by atoms with E-state index in [2.05, 4.69) is 0 Å². The zero-order chi connectivity index (χ0) is 13.1. The van der Waals surface area contributed by atoms with Gasteiger partial charge in [-0.3, -0.25) is 4.79 Å². The van der Waals surface area contributed by atoms with Gasteiger partial charge in [0.2, 0.25) is 5.78 Å². The van der Waals surface area contributed by atoms with Crippen molar-refractivity contribution in [3.05, 3.63) is 59.1 Å². The summed E-state index contributed by atoms with van der Waals surface area (Å²) >= 11 is 0. The molecule has 0 N–H and O–H groups in total. The molecule has 0 atom stereocenters. The molecule has 18 heavy (non-hydrogen) atoms. The molecule has 2 rings (SSSR count). The van der Waals surface area contributed by atoms with Crippen LogP contribution in [0.1, 0.15) is 21.9 Å². The molecule has 0 spiro atoms. The van der Waals surface area contributed by atoms with Crippen molar-refractivity contribution in [2.24, 2.45) is 0 Å². The van der Waals surface area contributed by atoms with E-state index in [1.165, 1.54) is 13.2 Å². The van der Waals surface area contributed by atoms with Crippen molar-refractivity contribution >= 4 is 5.78 Å². The third-order valence-corrected chi connectivity index (χ3v) is 2.35. The minimum atomic E-state index is -0.912. The van der Waals surface area contributed by atoms with Gasteiger partial charge in [-0.2, -0.15) is 0 Å². The van der Waals surface area contributed by atoms with Gasteiger partial charge in [-0.1, -0.05) is 0 Å². The van der Waals surface area contributed by atoms with E-state index in [-0.39, 0.29) is 17.9 Å². The number of hydrogen-bond donors (Lipinski definition) is 0. The fraction of sp³-hybridized carbons (Fsp3) is 0.154. The lowest BCUT2D eigenvalue weighted by atomic mass is 10.1. The van der Waals surface area contributed by atoms with Crippen LogP contribution >= 0.6 is 0 Å². The Balaban J connectivity index is 2.29. The second kappa shape index (κ2) is 5.10. The Morgan fingerprint density at radius 2 is 2.06 bits per heavy atom. The van der Waals surface area contributed by atoms with Gasteiger partial charge in [-0.25, -0.2) is 8.78 Å². The van der Waals surface area contributed by atoms with Crippen LogP contribution in [-0.4, -0.2) is 12.9 Å². The average molecular weight is 252 g/mol. The van der Waals surface area contributed by atoms with Gasteiger partial charge in [0, 0.05) is 13.2 Å². The molecule has 2 aromatic rings. The summed E-state index contributed by atoms with van der Waals surface area (Å²) in [5.41, 5.74) is -0.227. The Kier molecular flexibility index (Phi) is 3.53. The van der Waals surface area contributed by atoms with Crippen LogP contribution in [0, 0.1) is 11.6 Å². The third-order valence-electron chi connectivity index (χ3n) is 2.35. The Bertz CT molecular complexity index is 575. The van der Waals surface area contributed by atoms with E-state index in [0.29, 0.717) is 11.8 Å². The Hall–Kier alpha value is -2.01. The number of carbonyl (C=O) groups is 1. The number of methoxy groups -OCH3 is 1.